The molecule has 1 aliphatic rings. The summed E-state index contributed by atoms with van der Waals surface area (Å²) >= 11 is 1.73. The number of pyridine rings is 1. The highest BCUT2D eigenvalue weighted by Crippen LogP contribution is 2.32. The molecule has 0 radical (unpaired) electrons. The topological polar surface area (TPSA) is 16.1 Å². The van der Waals surface area contributed by atoms with Gasteiger partial charge in [-0.3, -0.25) is 4.90 Å². The van der Waals surface area contributed by atoms with Gasteiger partial charge in [-0.15, -0.1) is 0 Å². The molecule has 2 nitrogen and oxygen atoms in total. The van der Waals surface area contributed by atoms with Crippen LogP contribution in [0.2, 0.25) is 0 Å². The summed E-state index contributed by atoms with van der Waals surface area (Å²) in [5.74, 6) is 0. The third-order valence-corrected chi connectivity index (χ3v) is 5.19. The van der Waals surface area contributed by atoms with Crippen molar-refractivity contribution in [3.63, 3.8) is 0 Å². The highest BCUT2D eigenvalue weighted by atomic mass is 32.2. The molecule has 0 spiro atoms. The molecule has 2 heterocycles. The van der Waals surface area contributed by atoms with Gasteiger partial charge in [0.25, 0.3) is 0 Å². The van der Waals surface area contributed by atoms with Crippen molar-refractivity contribution < 1.29 is 0 Å². The Kier molecular flexibility index (Phi) is 5.52. The molecule has 1 aromatic carbocycles. The maximum Gasteiger partial charge on any atom is 0.101 e. The molecule has 3 rings (SSSR count). The highest BCUT2D eigenvalue weighted by molar-refractivity contribution is 7.99. The van der Waals surface area contributed by atoms with Crippen molar-refractivity contribution in [2.24, 2.45) is 0 Å². The van der Waals surface area contributed by atoms with E-state index >= 15 is 0 Å². The van der Waals surface area contributed by atoms with Crippen LogP contribution in [0, 0.1) is 0 Å². The summed E-state index contributed by atoms with van der Waals surface area (Å²) in [6.45, 7) is 4.70. The van der Waals surface area contributed by atoms with Crippen LogP contribution in [0.15, 0.2) is 58.6 Å². The second-order valence-electron chi connectivity index (χ2n) is 5.89. The van der Waals surface area contributed by atoms with Gasteiger partial charge in [-0.2, -0.15) is 0 Å². The second kappa shape index (κ2) is 7.80. The van der Waals surface area contributed by atoms with Gasteiger partial charge in [0, 0.05) is 17.1 Å². The molecule has 116 valence electrons. The molecule has 1 saturated heterocycles. The molecule has 1 atom stereocenters. The average molecular weight is 312 g/mol. The number of aromatic nitrogens is 1. The molecule has 0 bridgehead atoms. The smallest absolute Gasteiger partial charge is 0.101 e. The van der Waals surface area contributed by atoms with Gasteiger partial charge in [0.05, 0.1) is 0 Å². The van der Waals surface area contributed by atoms with E-state index in [1.54, 1.807) is 11.8 Å². The number of hydrogen-bond acceptors (Lipinski definition) is 3. The quantitative estimate of drug-likeness (QED) is 0.757. The van der Waals surface area contributed by atoms with Gasteiger partial charge in [0.1, 0.15) is 5.03 Å². The first kappa shape index (κ1) is 15.6. The van der Waals surface area contributed by atoms with Crippen LogP contribution in [0.5, 0.6) is 0 Å². The Morgan fingerprint density at radius 3 is 2.73 bits per heavy atom. The Balaban J connectivity index is 1.70. The predicted octanol–water partition coefficient (Wildman–Crippen LogP) is 5.17. The van der Waals surface area contributed by atoms with Crippen LogP contribution in [-0.4, -0.2) is 23.0 Å². The average Bonchev–Trinajstić information content (AvgIpc) is 2.58. The standard InChI is InChI=1S/C19H24N2S/c1-2-13-21-14-7-6-10-18(21)16-11-12-19(20-15-16)22-17-8-4-3-5-9-17/h3-5,8-9,11-12,15,18H,2,6-7,10,13-14H2,1H3/t18-/m1/s1. The predicted molar refractivity (Wildman–Crippen MR) is 93.3 cm³/mol. The number of piperidine rings is 1. The van der Waals surface area contributed by atoms with Gasteiger partial charge in [0.2, 0.25) is 0 Å². The Morgan fingerprint density at radius 2 is 2.00 bits per heavy atom. The normalized spacial score (nSPS) is 19.2. The summed E-state index contributed by atoms with van der Waals surface area (Å²) in [7, 11) is 0. The second-order valence-corrected chi connectivity index (χ2v) is 6.99. The Labute approximate surface area is 138 Å². The van der Waals surface area contributed by atoms with Crippen LogP contribution in [0.3, 0.4) is 0 Å². The molecule has 0 amide bonds. The fourth-order valence-corrected chi connectivity index (χ4v) is 3.96. The number of rotatable bonds is 5. The third kappa shape index (κ3) is 3.90. The van der Waals surface area contributed by atoms with Crippen molar-refractivity contribution in [3.05, 3.63) is 54.2 Å². The summed E-state index contributed by atoms with van der Waals surface area (Å²) in [5.41, 5.74) is 1.38. The molecule has 0 saturated carbocycles. The minimum Gasteiger partial charge on any atom is -0.296 e. The Bertz CT molecular complexity index is 566. The minimum atomic E-state index is 0.567. The summed E-state index contributed by atoms with van der Waals surface area (Å²) in [6, 6.07) is 15.5. The molecular formula is C19H24N2S. The van der Waals surface area contributed by atoms with Crippen molar-refractivity contribution in [1.29, 1.82) is 0 Å². The van der Waals surface area contributed by atoms with E-state index in [-0.39, 0.29) is 0 Å². The summed E-state index contributed by atoms with van der Waals surface area (Å²) < 4.78 is 0. The zero-order valence-electron chi connectivity index (χ0n) is 13.2. The van der Waals surface area contributed by atoms with Crippen molar-refractivity contribution in [2.45, 2.75) is 48.6 Å². The van der Waals surface area contributed by atoms with E-state index < -0.39 is 0 Å². The van der Waals surface area contributed by atoms with Gasteiger partial charge in [-0.1, -0.05) is 49.4 Å². The molecule has 0 aliphatic carbocycles. The van der Waals surface area contributed by atoms with E-state index in [0.717, 1.165) is 5.03 Å². The van der Waals surface area contributed by atoms with Gasteiger partial charge in [-0.05, 0) is 56.1 Å². The van der Waals surface area contributed by atoms with E-state index in [9.17, 15) is 0 Å². The Hall–Kier alpha value is -1.32. The van der Waals surface area contributed by atoms with Crippen molar-refractivity contribution in [2.75, 3.05) is 13.1 Å². The largest absolute Gasteiger partial charge is 0.296 e. The molecule has 22 heavy (non-hydrogen) atoms. The van der Waals surface area contributed by atoms with Gasteiger partial charge in [0.15, 0.2) is 0 Å². The minimum absolute atomic E-state index is 0.567. The van der Waals surface area contributed by atoms with Crippen molar-refractivity contribution >= 4 is 11.8 Å². The van der Waals surface area contributed by atoms with E-state index in [1.807, 2.05) is 6.07 Å². The summed E-state index contributed by atoms with van der Waals surface area (Å²) in [5, 5.41) is 1.08. The first-order valence-corrected chi connectivity index (χ1v) is 9.11. The molecule has 1 aliphatic heterocycles. The first-order chi connectivity index (χ1) is 10.9. The lowest BCUT2D eigenvalue weighted by Crippen LogP contribution is -2.34. The van der Waals surface area contributed by atoms with Gasteiger partial charge >= 0.3 is 0 Å². The molecule has 0 N–H and O–H groups in total. The van der Waals surface area contributed by atoms with Gasteiger partial charge in [-0.25, -0.2) is 4.98 Å². The summed E-state index contributed by atoms with van der Waals surface area (Å²) in [6.07, 6.45) is 7.26. The monoisotopic (exact) mass is 312 g/mol. The zero-order chi connectivity index (χ0) is 15.2. The third-order valence-electron chi connectivity index (χ3n) is 4.23. The molecular weight excluding hydrogens is 288 g/mol. The SMILES string of the molecule is CCCN1CCCC[C@@H]1c1ccc(Sc2ccccc2)nc1. The fourth-order valence-electron chi connectivity index (χ4n) is 3.18. The fraction of sp³-hybridized carbons (Fsp3) is 0.421. The number of nitrogens with zero attached hydrogens (tertiary/aromatic N) is 2. The summed E-state index contributed by atoms with van der Waals surface area (Å²) in [4.78, 5) is 8.55. The highest BCUT2D eigenvalue weighted by Gasteiger charge is 2.23. The van der Waals surface area contributed by atoms with E-state index in [1.165, 1.54) is 49.2 Å². The van der Waals surface area contributed by atoms with Crippen LogP contribution in [0.1, 0.15) is 44.2 Å². The zero-order valence-corrected chi connectivity index (χ0v) is 14.1. The molecule has 1 aromatic heterocycles. The van der Waals surface area contributed by atoms with Crippen LogP contribution in [-0.2, 0) is 0 Å². The molecule has 1 fully saturated rings. The Morgan fingerprint density at radius 1 is 1.14 bits per heavy atom. The molecule has 3 heteroatoms. The van der Waals surface area contributed by atoms with Crippen molar-refractivity contribution in [3.8, 4) is 0 Å². The van der Waals surface area contributed by atoms with Crippen LogP contribution in [0.25, 0.3) is 0 Å². The lowest BCUT2D eigenvalue weighted by atomic mass is 9.96. The van der Waals surface area contributed by atoms with Crippen LogP contribution in [0.4, 0.5) is 0 Å². The number of benzene rings is 1. The lowest BCUT2D eigenvalue weighted by molar-refractivity contribution is 0.148. The van der Waals surface area contributed by atoms with E-state index in [4.69, 9.17) is 0 Å². The maximum absolute atomic E-state index is 4.68. The van der Waals surface area contributed by atoms with Gasteiger partial charge < -0.3 is 0 Å². The molecule has 0 unspecified atom stereocenters. The van der Waals surface area contributed by atoms with E-state index in [2.05, 4.69) is 59.4 Å². The maximum atomic E-state index is 4.68. The van der Waals surface area contributed by atoms with Crippen molar-refractivity contribution in [1.82, 2.24) is 9.88 Å². The lowest BCUT2D eigenvalue weighted by Gasteiger charge is -2.35. The number of hydrogen-bond donors (Lipinski definition) is 0. The van der Waals surface area contributed by atoms with E-state index in [0.29, 0.717) is 6.04 Å². The van der Waals surface area contributed by atoms with Crippen LogP contribution >= 0.6 is 11.8 Å². The first-order valence-electron chi connectivity index (χ1n) is 8.29. The molecule has 2 aromatic rings. The number of likely N-dealkylation sites (tertiary alicyclic amines) is 1. The van der Waals surface area contributed by atoms with Crippen LogP contribution < -0.4 is 0 Å².